The van der Waals surface area contributed by atoms with Gasteiger partial charge < -0.3 is 9.57 Å². The molecular weight excluding hydrogens is 349 g/mol. The Kier molecular flexibility index (Phi) is 5.38. The van der Waals surface area contributed by atoms with E-state index in [4.69, 9.17) is 26.6 Å². The van der Waals surface area contributed by atoms with Crippen LogP contribution in [0.15, 0.2) is 35.6 Å². The second-order valence-corrected chi connectivity index (χ2v) is 5.50. The minimum atomic E-state index is -0.598. The highest BCUT2D eigenvalue weighted by Crippen LogP contribution is 2.28. The fourth-order valence-corrected chi connectivity index (χ4v) is 2.44. The van der Waals surface area contributed by atoms with Crippen molar-refractivity contribution >= 4 is 17.5 Å². The van der Waals surface area contributed by atoms with Crippen LogP contribution in [0.1, 0.15) is 12.1 Å². The Morgan fingerprint density at radius 2 is 2.28 bits per heavy atom. The van der Waals surface area contributed by atoms with E-state index in [2.05, 4.69) is 20.0 Å². The maximum atomic E-state index is 13.0. The van der Waals surface area contributed by atoms with Crippen molar-refractivity contribution in [3.63, 3.8) is 0 Å². The molecule has 1 unspecified atom stereocenters. The maximum Gasteiger partial charge on any atom is 0.212 e. The quantitative estimate of drug-likeness (QED) is 0.627. The first kappa shape index (κ1) is 17.1. The van der Waals surface area contributed by atoms with Gasteiger partial charge in [0.15, 0.2) is 6.10 Å². The zero-order chi connectivity index (χ0) is 17.6. The van der Waals surface area contributed by atoms with Crippen molar-refractivity contribution in [2.75, 3.05) is 13.2 Å². The summed E-state index contributed by atoms with van der Waals surface area (Å²) < 4.78 is 18.8. The average Bonchev–Trinajstić information content (AvgIpc) is 3.08. The molecule has 0 saturated heterocycles. The summed E-state index contributed by atoms with van der Waals surface area (Å²) >= 11 is 5.45. The molecule has 1 N–H and O–H groups in total. The van der Waals surface area contributed by atoms with Crippen LogP contribution >= 0.6 is 11.8 Å². The predicted octanol–water partition coefficient (Wildman–Crippen LogP) is 2.42. The predicted molar refractivity (Wildman–Crippen MR) is 88.4 cm³/mol. The molecule has 3 rings (SSSR count). The highest BCUT2D eigenvalue weighted by Gasteiger charge is 2.22. The van der Waals surface area contributed by atoms with Crippen LogP contribution in [-0.4, -0.2) is 34.9 Å². The number of pyridine rings is 2. The van der Waals surface area contributed by atoms with E-state index in [1.807, 2.05) is 6.07 Å². The van der Waals surface area contributed by atoms with Gasteiger partial charge in [-0.25, -0.2) is 14.8 Å². The molecule has 0 fully saturated rings. The Hall–Kier alpha value is -2.76. The zero-order valence-corrected chi connectivity index (χ0v) is 13.7. The lowest BCUT2D eigenvalue weighted by molar-refractivity contribution is 0.0471. The van der Waals surface area contributed by atoms with E-state index in [1.165, 1.54) is 18.3 Å². The Labute approximate surface area is 148 Å². The number of nitrogens with zero attached hydrogens (tertiary/aromatic N) is 4. The first-order chi connectivity index (χ1) is 12.2. The van der Waals surface area contributed by atoms with Gasteiger partial charge in [-0.2, -0.15) is 9.65 Å². The molecule has 1 atom stereocenters. The minimum Gasteiger partial charge on any atom is -0.487 e. The summed E-state index contributed by atoms with van der Waals surface area (Å²) in [6.07, 6.45) is 1.69. The van der Waals surface area contributed by atoms with Crippen molar-refractivity contribution in [2.24, 2.45) is 5.16 Å². The van der Waals surface area contributed by atoms with E-state index in [9.17, 15) is 4.39 Å². The first-order valence-electron chi connectivity index (χ1n) is 7.40. The number of hydrogen-bond donors (Lipinski definition) is 1. The van der Waals surface area contributed by atoms with E-state index >= 15 is 0 Å². The summed E-state index contributed by atoms with van der Waals surface area (Å²) in [6, 6.07) is 7.90. The molecule has 0 aliphatic carbocycles. The van der Waals surface area contributed by atoms with Crippen LogP contribution in [0.5, 0.6) is 5.75 Å². The topological polar surface area (TPSA) is 92.4 Å². The van der Waals surface area contributed by atoms with Crippen LogP contribution in [0.25, 0.3) is 11.3 Å². The van der Waals surface area contributed by atoms with Gasteiger partial charge in [0.1, 0.15) is 29.8 Å². The monoisotopic (exact) mass is 361 g/mol. The Bertz CT molecular complexity index is 822. The summed E-state index contributed by atoms with van der Waals surface area (Å²) in [7, 11) is 0. The van der Waals surface area contributed by atoms with Gasteiger partial charge in [0.25, 0.3) is 0 Å². The van der Waals surface area contributed by atoms with E-state index in [0.29, 0.717) is 30.0 Å². The normalized spacial score (nSPS) is 16.0. The van der Waals surface area contributed by atoms with E-state index < -0.39 is 5.95 Å². The molecule has 0 radical (unpaired) electrons. The second kappa shape index (κ2) is 7.88. The van der Waals surface area contributed by atoms with Gasteiger partial charge in [-0.15, -0.1) is 0 Å². The van der Waals surface area contributed by atoms with Gasteiger partial charge in [0.2, 0.25) is 5.95 Å². The highest BCUT2D eigenvalue weighted by molar-refractivity contribution is 6.14. The number of rotatable bonds is 6. The molecule has 0 spiro atoms. The van der Waals surface area contributed by atoms with Gasteiger partial charge in [-0.3, -0.25) is 0 Å². The fourth-order valence-electron chi connectivity index (χ4n) is 2.29. The summed E-state index contributed by atoms with van der Waals surface area (Å²) in [6.45, 7) is 0.674. The third kappa shape index (κ3) is 4.21. The number of aromatic nitrogens is 2. The fraction of sp³-hybridized carbons (Fsp3) is 0.250. The molecule has 1 aliphatic heterocycles. The number of nitriles is 1. The third-order valence-electron chi connectivity index (χ3n) is 3.46. The molecule has 1 aliphatic rings. The number of halogens is 2. The lowest BCUT2D eigenvalue weighted by atomic mass is 10.1. The van der Waals surface area contributed by atoms with Gasteiger partial charge in [0, 0.05) is 18.2 Å². The molecule has 0 bridgehead atoms. The number of nitrogens with one attached hydrogen (secondary N) is 1. The molecule has 128 valence electrons. The van der Waals surface area contributed by atoms with Crippen molar-refractivity contribution in [2.45, 2.75) is 12.5 Å². The van der Waals surface area contributed by atoms with Gasteiger partial charge in [-0.05, 0) is 36.0 Å². The van der Waals surface area contributed by atoms with Gasteiger partial charge >= 0.3 is 0 Å². The van der Waals surface area contributed by atoms with E-state index in [1.54, 1.807) is 12.1 Å². The number of oxime groups is 1. The van der Waals surface area contributed by atoms with Crippen molar-refractivity contribution in [1.29, 1.82) is 5.26 Å². The van der Waals surface area contributed by atoms with Crippen LogP contribution in [0, 0.1) is 17.3 Å². The molecule has 25 heavy (non-hydrogen) atoms. The molecule has 7 nitrogen and oxygen atoms in total. The third-order valence-corrected chi connectivity index (χ3v) is 3.60. The van der Waals surface area contributed by atoms with Crippen molar-refractivity contribution in [3.05, 3.63) is 42.1 Å². The molecular formula is C16H13ClFN5O2. The standard InChI is InChI=1S/C16H13ClFN5O2/c17-21-8-12-5-13(25-23-12)9-24-14-3-2-11(6-19)22-16(14)10-1-4-15(18)20-7-10/h1-4,7,13,21H,5,8-9H2. The second-order valence-electron chi connectivity index (χ2n) is 5.24. The molecule has 0 amide bonds. The Morgan fingerprint density at radius 1 is 1.40 bits per heavy atom. The van der Waals surface area contributed by atoms with Crippen molar-refractivity contribution in [3.8, 4) is 23.1 Å². The smallest absolute Gasteiger partial charge is 0.212 e. The molecule has 2 aromatic heterocycles. The average molecular weight is 362 g/mol. The van der Waals surface area contributed by atoms with Crippen molar-refractivity contribution < 1.29 is 14.0 Å². The lowest BCUT2D eigenvalue weighted by Gasteiger charge is -2.13. The molecule has 9 heteroatoms. The first-order valence-corrected chi connectivity index (χ1v) is 7.78. The summed E-state index contributed by atoms with van der Waals surface area (Å²) in [4.78, 5) is 15.6. The molecule has 2 aromatic rings. The Morgan fingerprint density at radius 3 is 3.00 bits per heavy atom. The number of hydrogen-bond acceptors (Lipinski definition) is 7. The Balaban J connectivity index is 1.75. The van der Waals surface area contributed by atoms with Gasteiger partial charge in [0.05, 0.1) is 12.3 Å². The largest absolute Gasteiger partial charge is 0.487 e. The minimum absolute atomic E-state index is 0.225. The number of ether oxygens (including phenoxy) is 1. The van der Waals surface area contributed by atoms with Crippen LogP contribution in [0.3, 0.4) is 0 Å². The summed E-state index contributed by atoms with van der Waals surface area (Å²) in [5.74, 6) is -0.153. The van der Waals surface area contributed by atoms with Crippen LogP contribution in [0.4, 0.5) is 4.39 Å². The van der Waals surface area contributed by atoms with Crippen molar-refractivity contribution in [1.82, 2.24) is 14.8 Å². The maximum absolute atomic E-state index is 13.0. The zero-order valence-electron chi connectivity index (χ0n) is 12.9. The highest BCUT2D eigenvalue weighted by atomic mass is 35.5. The summed E-state index contributed by atoms with van der Waals surface area (Å²) in [5.41, 5.74) is 1.98. The summed E-state index contributed by atoms with van der Waals surface area (Å²) in [5, 5.41) is 13.0. The molecule has 3 heterocycles. The van der Waals surface area contributed by atoms with Crippen LogP contribution in [-0.2, 0) is 4.84 Å². The van der Waals surface area contributed by atoms with Gasteiger partial charge in [-0.1, -0.05) is 5.16 Å². The lowest BCUT2D eigenvalue weighted by Crippen LogP contribution is -2.21. The van der Waals surface area contributed by atoms with Crippen LogP contribution in [0.2, 0.25) is 0 Å². The van der Waals surface area contributed by atoms with E-state index in [-0.39, 0.29) is 18.4 Å². The van der Waals surface area contributed by atoms with E-state index in [0.717, 1.165) is 5.71 Å². The van der Waals surface area contributed by atoms with Crippen LogP contribution < -0.4 is 9.57 Å². The molecule has 0 saturated carbocycles. The SMILES string of the molecule is N#Cc1ccc(OCC2CC(CNCl)=NO2)c(-c2ccc(F)nc2)n1. The molecule has 0 aromatic carbocycles.